The van der Waals surface area contributed by atoms with Crippen LogP contribution in [0.2, 0.25) is 13.3 Å². The number of ether oxygens (including phenoxy) is 4. The van der Waals surface area contributed by atoms with Crippen LogP contribution in [0, 0.1) is 11.8 Å². The Hall–Kier alpha value is -2.84. The van der Waals surface area contributed by atoms with Gasteiger partial charge in [0.2, 0.25) is 0 Å². The second kappa shape index (κ2) is 25.2. The molecule has 3 aromatic carbocycles. The fourth-order valence-electron chi connectivity index (χ4n) is 8.57. The molecule has 1 aromatic heterocycles. The Bertz CT molecular complexity index is 1670. The van der Waals surface area contributed by atoms with Gasteiger partial charge in [0.05, 0.1) is 13.2 Å². The molecule has 0 fully saturated rings. The van der Waals surface area contributed by atoms with E-state index < -0.39 is 18.4 Å². The Morgan fingerprint density at radius 1 is 0.542 bits per heavy atom. The molecule has 0 saturated heterocycles. The van der Waals surface area contributed by atoms with Crippen LogP contribution in [0.5, 0.6) is 23.0 Å². The van der Waals surface area contributed by atoms with Crippen LogP contribution in [0.4, 0.5) is 17.1 Å². The van der Waals surface area contributed by atoms with Crippen LogP contribution < -0.4 is 26.7 Å². The summed E-state index contributed by atoms with van der Waals surface area (Å²) in [5.41, 5.74) is 4.51. The predicted molar refractivity (Wildman–Crippen MR) is 258 cm³/mol. The average molecular weight is 931 g/mol. The summed E-state index contributed by atoms with van der Waals surface area (Å²) in [5, 5.41) is 0. The molecule has 0 bridgehead atoms. The van der Waals surface area contributed by atoms with E-state index in [4.69, 9.17) is 18.9 Å². The van der Waals surface area contributed by atoms with Crippen LogP contribution in [0.25, 0.3) is 10.4 Å². The second-order valence-electron chi connectivity index (χ2n) is 17.0. The Balaban J connectivity index is 1.48. The van der Waals surface area contributed by atoms with Crippen molar-refractivity contribution in [3.05, 3.63) is 72.8 Å². The maximum atomic E-state index is 6.62. The van der Waals surface area contributed by atoms with Gasteiger partial charge in [0, 0.05) is 0 Å². The standard InChI is InChI=1S/C40H50NO4S.3C4H9.Sn/c1-5-9-11-30(7-3)27-44-36-21-17-34(18-22-36)41(35-19-23-37(24-20-35)45-28-31(8-4)12-10-6-2)33-15-13-32(14-16-33)40-39-38(29-46-40)42-25-26-43-39;3*1-3-4-2;/h13-24,30-31H,5-12,25-28H2,1-4H3;3*1,3-4H2,2H3;. The third kappa shape index (κ3) is 13.1. The van der Waals surface area contributed by atoms with Crippen molar-refractivity contribution < 1.29 is 18.9 Å². The summed E-state index contributed by atoms with van der Waals surface area (Å²) >= 11 is -0.776. The molecule has 1 aliphatic rings. The Kier molecular flexibility index (Phi) is 20.1. The molecule has 324 valence electrons. The van der Waals surface area contributed by atoms with Crippen LogP contribution in [-0.4, -0.2) is 44.8 Å². The van der Waals surface area contributed by atoms with E-state index in [1.54, 1.807) is 2.89 Å². The molecule has 0 amide bonds. The molecule has 0 N–H and O–H groups in total. The van der Waals surface area contributed by atoms with Crippen molar-refractivity contribution in [2.75, 3.05) is 31.3 Å². The van der Waals surface area contributed by atoms with Crippen molar-refractivity contribution in [2.45, 2.75) is 152 Å². The zero-order valence-electron chi connectivity index (χ0n) is 37.9. The summed E-state index contributed by atoms with van der Waals surface area (Å²) in [4.78, 5) is 3.59. The molecule has 5 nitrogen and oxygen atoms in total. The predicted octanol–water partition coefficient (Wildman–Crippen LogP) is 15.9. The first-order valence-corrected chi connectivity index (χ1v) is 32.0. The van der Waals surface area contributed by atoms with Crippen LogP contribution in [0.15, 0.2) is 72.8 Å². The minimum absolute atomic E-state index is 0.593. The van der Waals surface area contributed by atoms with Gasteiger partial charge in [0.25, 0.3) is 0 Å². The van der Waals surface area contributed by atoms with Crippen molar-refractivity contribution in [1.29, 1.82) is 0 Å². The Morgan fingerprint density at radius 2 is 0.949 bits per heavy atom. The molecule has 1 aliphatic heterocycles. The third-order valence-electron chi connectivity index (χ3n) is 12.5. The van der Waals surface area contributed by atoms with Crippen molar-refractivity contribution in [2.24, 2.45) is 11.8 Å². The normalized spacial score (nSPS) is 13.6. The van der Waals surface area contributed by atoms with Gasteiger partial charge in [-0.2, -0.15) is 0 Å². The van der Waals surface area contributed by atoms with E-state index >= 15 is 0 Å². The number of thiophene rings is 1. The third-order valence-corrected chi connectivity index (χ3v) is 32.0. The van der Waals surface area contributed by atoms with E-state index in [9.17, 15) is 0 Å². The van der Waals surface area contributed by atoms with Crippen molar-refractivity contribution in [3.63, 3.8) is 0 Å². The monoisotopic (exact) mass is 931 g/mol. The molecule has 5 rings (SSSR count). The van der Waals surface area contributed by atoms with Crippen LogP contribution >= 0.6 is 11.3 Å². The van der Waals surface area contributed by atoms with Gasteiger partial charge in [-0.3, -0.25) is 0 Å². The molecule has 0 saturated carbocycles. The van der Waals surface area contributed by atoms with Crippen molar-refractivity contribution in [3.8, 4) is 33.4 Å². The van der Waals surface area contributed by atoms with Gasteiger partial charge in [-0.1, -0.05) is 66.2 Å². The fraction of sp³-hybridized carbons (Fsp3) is 0.577. The zero-order chi connectivity index (χ0) is 41.9. The van der Waals surface area contributed by atoms with Gasteiger partial charge in [0.1, 0.15) is 0 Å². The number of hydrogen-bond acceptors (Lipinski definition) is 6. The Labute approximate surface area is 367 Å². The topological polar surface area (TPSA) is 40.2 Å². The van der Waals surface area contributed by atoms with Gasteiger partial charge in [0.15, 0.2) is 0 Å². The zero-order valence-corrected chi connectivity index (χ0v) is 41.6. The molecule has 2 atom stereocenters. The molecule has 59 heavy (non-hydrogen) atoms. The Morgan fingerprint density at radius 3 is 1.36 bits per heavy atom. The maximum absolute atomic E-state index is 6.62. The van der Waals surface area contributed by atoms with E-state index in [2.05, 4.69) is 126 Å². The summed E-state index contributed by atoms with van der Waals surface area (Å²) < 4.78 is 31.7. The summed E-state index contributed by atoms with van der Waals surface area (Å²) in [7, 11) is 0. The van der Waals surface area contributed by atoms with E-state index in [1.165, 1.54) is 101 Å². The minimum atomic E-state index is -2.80. The molecular formula is C52H77NO4SSn. The first-order chi connectivity index (χ1) is 28.9. The second-order valence-corrected chi connectivity index (χ2v) is 32.1. The number of hydrogen-bond donors (Lipinski definition) is 0. The SMILES string of the molecule is CCCCC(CC)COc1ccc(N(c2ccc(OCC(CC)CCCC)cc2)c2ccc(-c3s[c]([Sn]([CH2]CCC)([CH2]CCC)[CH2]CCC)c4c3OCCO4)cc2)cc1. The van der Waals surface area contributed by atoms with E-state index in [0.29, 0.717) is 25.0 Å². The molecule has 0 aliphatic carbocycles. The van der Waals surface area contributed by atoms with E-state index in [0.717, 1.165) is 66.1 Å². The molecule has 7 heteroatoms. The first-order valence-electron chi connectivity index (χ1n) is 23.7. The number of anilines is 3. The van der Waals surface area contributed by atoms with Crippen LogP contribution in [0.3, 0.4) is 0 Å². The average Bonchev–Trinajstić information content (AvgIpc) is 3.68. The van der Waals surface area contributed by atoms with E-state index in [-0.39, 0.29) is 0 Å². The van der Waals surface area contributed by atoms with Crippen molar-refractivity contribution in [1.82, 2.24) is 0 Å². The van der Waals surface area contributed by atoms with Gasteiger partial charge in [-0.25, -0.2) is 0 Å². The number of fused-ring (bicyclic) bond motifs is 1. The van der Waals surface area contributed by atoms with Gasteiger partial charge < -0.3 is 9.47 Å². The van der Waals surface area contributed by atoms with Gasteiger partial charge in [-0.15, -0.1) is 0 Å². The number of nitrogens with zero attached hydrogens (tertiary/aromatic N) is 1. The number of benzene rings is 3. The summed E-state index contributed by atoms with van der Waals surface area (Å²) in [6.45, 7) is 18.9. The molecule has 0 spiro atoms. The summed E-state index contributed by atoms with van der Waals surface area (Å²) in [6, 6.07) is 26.5. The number of rotatable bonds is 28. The van der Waals surface area contributed by atoms with Gasteiger partial charge in [-0.05, 0) is 24.7 Å². The van der Waals surface area contributed by atoms with Crippen molar-refractivity contribution >= 4 is 49.7 Å². The van der Waals surface area contributed by atoms with Gasteiger partial charge >= 0.3 is 256 Å². The van der Waals surface area contributed by atoms with E-state index in [1.807, 2.05) is 11.3 Å². The molecule has 4 aromatic rings. The quantitative estimate of drug-likeness (QED) is 0.0531. The molecule has 2 unspecified atom stereocenters. The summed E-state index contributed by atoms with van der Waals surface area (Å²) in [5.74, 6) is 5.14. The molecule has 2 heterocycles. The summed E-state index contributed by atoms with van der Waals surface area (Å²) in [6.07, 6.45) is 17.5. The number of unbranched alkanes of at least 4 members (excludes halogenated alkanes) is 5. The van der Waals surface area contributed by atoms with Crippen LogP contribution in [-0.2, 0) is 0 Å². The molecule has 0 radical (unpaired) electrons. The van der Waals surface area contributed by atoms with Crippen LogP contribution in [0.1, 0.15) is 138 Å². The fourth-order valence-corrected chi connectivity index (χ4v) is 29.3. The first kappa shape index (κ1) is 47.2. The molecular weight excluding hydrogens is 853 g/mol.